The number of ether oxygens (including phenoxy) is 5. The molecular formula is C17H28O15. The molecule has 0 radical (unpaired) electrons. The van der Waals surface area contributed by atoms with E-state index in [1.54, 1.807) is 0 Å². The molecule has 0 bridgehead atoms. The summed E-state index contributed by atoms with van der Waals surface area (Å²) in [5, 5.41) is 88.8. The Morgan fingerprint density at radius 1 is 0.750 bits per heavy atom. The molecule has 0 aromatic heterocycles. The normalized spacial score (nSPS) is 52.2. The molecule has 0 aromatic rings. The Kier molecular flexibility index (Phi) is 8.04. The number of hydrogen-bond donors (Lipinski definition) is 9. The van der Waals surface area contributed by atoms with Crippen LogP contribution < -0.4 is 0 Å². The predicted octanol–water partition coefficient (Wildman–Crippen LogP) is -5.81. The summed E-state index contributed by atoms with van der Waals surface area (Å²) in [5.41, 5.74) is 0. The van der Waals surface area contributed by atoms with Gasteiger partial charge in [-0.25, -0.2) is 4.79 Å². The number of aliphatic carboxylic acids is 1. The lowest BCUT2D eigenvalue weighted by atomic mass is 9.97. The number of rotatable bonds is 6. The van der Waals surface area contributed by atoms with Gasteiger partial charge in [-0.3, -0.25) is 0 Å². The Morgan fingerprint density at radius 2 is 1.34 bits per heavy atom. The van der Waals surface area contributed by atoms with E-state index in [0.717, 1.165) is 0 Å². The van der Waals surface area contributed by atoms with Gasteiger partial charge in [-0.05, 0) is 6.92 Å². The van der Waals surface area contributed by atoms with Gasteiger partial charge in [-0.15, -0.1) is 0 Å². The molecule has 3 saturated heterocycles. The standard InChI is InChI=1S/C17H28O15/c1-3-5(19)7(21)12(32-16-10(24)6(20)4(2-18)29-16)17(28-3)31-11-8(22)9(23)15(27)30-13(11)14(25)26/h3-13,15-24,27H,2H2,1H3,(H,25,26)/t3-,4-,5-,6-,7+,8+,9+,10+,11-,12+,13-,15+,16-,17-/m0/s1. The van der Waals surface area contributed by atoms with Crippen molar-refractivity contribution >= 4 is 5.97 Å². The van der Waals surface area contributed by atoms with Crippen LogP contribution >= 0.6 is 0 Å². The van der Waals surface area contributed by atoms with E-state index < -0.39 is 98.6 Å². The number of carbonyl (C=O) groups is 1. The van der Waals surface area contributed by atoms with Gasteiger partial charge in [0.15, 0.2) is 25.0 Å². The highest BCUT2D eigenvalue weighted by atomic mass is 16.8. The van der Waals surface area contributed by atoms with Gasteiger partial charge >= 0.3 is 5.97 Å². The molecule has 0 spiro atoms. The van der Waals surface area contributed by atoms with Crippen LogP contribution in [-0.2, 0) is 28.5 Å². The van der Waals surface area contributed by atoms with Crippen LogP contribution in [0.2, 0.25) is 0 Å². The first-order valence-corrected chi connectivity index (χ1v) is 9.85. The third-order valence-corrected chi connectivity index (χ3v) is 5.67. The van der Waals surface area contributed by atoms with Gasteiger partial charge in [0.2, 0.25) is 0 Å². The van der Waals surface area contributed by atoms with Gasteiger partial charge < -0.3 is 69.6 Å². The molecule has 0 saturated carbocycles. The molecule has 15 heteroatoms. The molecule has 0 unspecified atom stereocenters. The minimum Gasteiger partial charge on any atom is -0.479 e. The zero-order valence-corrected chi connectivity index (χ0v) is 16.8. The Labute approximate surface area is 180 Å². The molecule has 14 atom stereocenters. The highest BCUT2D eigenvalue weighted by Crippen LogP contribution is 2.32. The molecule has 0 amide bonds. The first kappa shape index (κ1) is 25.6. The Hall–Kier alpha value is -1.05. The van der Waals surface area contributed by atoms with Crippen LogP contribution in [0.3, 0.4) is 0 Å². The van der Waals surface area contributed by atoms with Crippen molar-refractivity contribution in [3.05, 3.63) is 0 Å². The molecule has 3 heterocycles. The van der Waals surface area contributed by atoms with E-state index in [-0.39, 0.29) is 0 Å². The third-order valence-electron chi connectivity index (χ3n) is 5.67. The maximum atomic E-state index is 11.5. The van der Waals surface area contributed by atoms with Crippen molar-refractivity contribution in [3.63, 3.8) is 0 Å². The number of aliphatic hydroxyl groups is 8. The quantitative estimate of drug-likeness (QED) is 0.175. The van der Waals surface area contributed by atoms with Crippen molar-refractivity contribution in [1.82, 2.24) is 0 Å². The lowest BCUT2D eigenvalue weighted by molar-refractivity contribution is -0.365. The van der Waals surface area contributed by atoms with Crippen LogP contribution in [0.1, 0.15) is 6.92 Å². The topological polar surface area (TPSA) is 245 Å². The number of carboxylic acids is 1. The van der Waals surface area contributed by atoms with E-state index in [2.05, 4.69) is 0 Å². The van der Waals surface area contributed by atoms with Crippen molar-refractivity contribution in [1.29, 1.82) is 0 Å². The Balaban J connectivity index is 1.82. The van der Waals surface area contributed by atoms with Gasteiger partial charge in [0.1, 0.15) is 54.9 Å². The molecule has 3 aliphatic heterocycles. The molecule has 3 fully saturated rings. The molecule has 3 rings (SSSR count). The SMILES string of the molecule is C[C@@H]1O[C@@H](O[C@H]2[C@H](O)[C@@H](O)[C@H](O)O[C@@H]2C(=O)O)[C@H](O[C@@H]2O[C@@H](CO)[C@H](O)[C@H]2O)[C@H](O)[C@H]1O. The summed E-state index contributed by atoms with van der Waals surface area (Å²) in [5.74, 6) is -1.65. The second-order valence-electron chi connectivity index (χ2n) is 7.87. The fraction of sp³-hybridized carbons (Fsp3) is 0.941. The molecule has 0 aliphatic carbocycles. The summed E-state index contributed by atoms with van der Waals surface area (Å²) in [4.78, 5) is 11.5. The highest BCUT2D eigenvalue weighted by molar-refractivity contribution is 5.73. The first-order valence-electron chi connectivity index (χ1n) is 9.85. The molecule has 32 heavy (non-hydrogen) atoms. The van der Waals surface area contributed by atoms with Crippen LogP contribution in [0.5, 0.6) is 0 Å². The maximum absolute atomic E-state index is 11.5. The average molecular weight is 472 g/mol. The molecule has 3 aliphatic rings. The lowest BCUT2D eigenvalue weighted by Crippen LogP contribution is -2.65. The summed E-state index contributed by atoms with van der Waals surface area (Å²) in [7, 11) is 0. The zero-order valence-electron chi connectivity index (χ0n) is 16.8. The number of hydrogen-bond acceptors (Lipinski definition) is 14. The molecule has 186 valence electrons. The summed E-state index contributed by atoms with van der Waals surface area (Å²) in [6.07, 6.45) is -23.4. The van der Waals surface area contributed by atoms with Gasteiger partial charge in [0, 0.05) is 0 Å². The second kappa shape index (κ2) is 10.1. The highest BCUT2D eigenvalue weighted by Gasteiger charge is 2.54. The minimum atomic E-state index is -2.02. The van der Waals surface area contributed by atoms with E-state index in [1.807, 2.05) is 0 Å². The molecular weight excluding hydrogens is 444 g/mol. The average Bonchev–Trinajstić information content (AvgIpc) is 3.02. The summed E-state index contributed by atoms with van der Waals surface area (Å²) in [6, 6.07) is 0. The van der Waals surface area contributed by atoms with E-state index in [1.165, 1.54) is 6.92 Å². The summed E-state index contributed by atoms with van der Waals surface area (Å²) >= 11 is 0. The molecule has 0 aromatic carbocycles. The summed E-state index contributed by atoms with van der Waals surface area (Å²) in [6.45, 7) is 0.696. The van der Waals surface area contributed by atoms with Crippen LogP contribution in [0.15, 0.2) is 0 Å². The lowest BCUT2D eigenvalue weighted by Gasteiger charge is -2.46. The largest absolute Gasteiger partial charge is 0.479 e. The predicted molar refractivity (Wildman–Crippen MR) is 94.4 cm³/mol. The van der Waals surface area contributed by atoms with Gasteiger partial charge in [0.25, 0.3) is 0 Å². The Bertz CT molecular complexity index is 649. The van der Waals surface area contributed by atoms with Crippen molar-refractivity contribution in [3.8, 4) is 0 Å². The van der Waals surface area contributed by atoms with Crippen molar-refractivity contribution in [2.24, 2.45) is 0 Å². The van der Waals surface area contributed by atoms with Crippen molar-refractivity contribution in [2.45, 2.75) is 92.9 Å². The maximum Gasteiger partial charge on any atom is 0.335 e. The van der Waals surface area contributed by atoms with Crippen LogP contribution in [0.4, 0.5) is 0 Å². The van der Waals surface area contributed by atoms with E-state index in [0.29, 0.717) is 0 Å². The number of carboxylic acid groups (broad SMARTS) is 1. The third kappa shape index (κ3) is 4.76. The van der Waals surface area contributed by atoms with E-state index in [4.69, 9.17) is 23.7 Å². The minimum absolute atomic E-state index is 0.659. The van der Waals surface area contributed by atoms with E-state index in [9.17, 15) is 50.8 Å². The molecule has 15 nitrogen and oxygen atoms in total. The van der Waals surface area contributed by atoms with E-state index >= 15 is 0 Å². The zero-order chi connectivity index (χ0) is 23.9. The van der Waals surface area contributed by atoms with Gasteiger partial charge in [0.05, 0.1) is 12.7 Å². The molecule has 9 N–H and O–H groups in total. The van der Waals surface area contributed by atoms with Crippen molar-refractivity contribution < 1.29 is 74.4 Å². The van der Waals surface area contributed by atoms with Crippen LogP contribution in [-0.4, -0.2) is 145 Å². The summed E-state index contributed by atoms with van der Waals surface area (Å²) < 4.78 is 26.3. The number of aliphatic hydroxyl groups excluding tert-OH is 8. The fourth-order valence-electron chi connectivity index (χ4n) is 3.75. The van der Waals surface area contributed by atoms with Crippen LogP contribution in [0.25, 0.3) is 0 Å². The fourth-order valence-corrected chi connectivity index (χ4v) is 3.75. The first-order chi connectivity index (χ1) is 15.0. The second-order valence-corrected chi connectivity index (χ2v) is 7.87. The van der Waals surface area contributed by atoms with Crippen molar-refractivity contribution in [2.75, 3.05) is 6.61 Å². The van der Waals surface area contributed by atoms with Gasteiger partial charge in [-0.2, -0.15) is 0 Å². The monoisotopic (exact) mass is 472 g/mol. The van der Waals surface area contributed by atoms with Gasteiger partial charge in [-0.1, -0.05) is 0 Å². The smallest absolute Gasteiger partial charge is 0.335 e. The van der Waals surface area contributed by atoms with Crippen LogP contribution in [0, 0.1) is 0 Å². The Morgan fingerprint density at radius 3 is 1.91 bits per heavy atom.